The topological polar surface area (TPSA) is 89.2 Å². The molecule has 0 unspecified atom stereocenters. The van der Waals surface area contributed by atoms with Crippen LogP contribution >= 0.6 is 0 Å². The van der Waals surface area contributed by atoms with Crippen LogP contribution in [0.3, 0.4) is 0 Å². The van der Waals surface area contributed by atoms with Crippen LogP contribution < -0.4 is 0 Å². The van der Waals surface area contributed by atoms with E-state index in [9.17, 15) is 4.39 Å². The monoisotopic (exact) mass is 237 g/mol. The van der Waals surface area contributed by atoms with Crippen LogP contribution in [-0.2, 0) is 0 Å². The van der Waals surface area contributed by atoms with Gasteiger partial charge in [0.1, 0.15) is 35.9 Å². The first kappa shape index (κ1) is 11.3. The lowest BCUT2D eigenvalue weighted by Crippen LogP contribution is -2.01. The molecule has 0 aliphatic carbocycles. The van der Waals surface area contributed by atoms with Gasteiger partial charge in [0.05, 0.1) is 5.69 Å². The number of halogens is 1. The second-order valence-corrected chi connectivity index (χ2v) is 3.28. The molecule has 18 heavy (non-hydrogen) atoms. The molecular weight excluding hydrogens is 233 g/mol. The van der Waals surface area contributed by atoms with Gasteiger partial charge < -0.3 is 0 Å². The van der Waals surface area contributed by atoms with Crippen LogP contribution in [0.2, 0.25) is 0 Å². The summed E-state index contributed by atoms with van der Waals surface area (Å²) >= 11 is 0. The number of hydrogen-bond acceptors (Lipinski definition) is 4. The summed E-state index contributed by atoms with van der Waals surface area (Å²) in [6.07, 6.45) is 1.21. The molecule has 5 nitrogen and oxygen atoms in total. The first-order chi connectivity index (χ1) is 8.72. The number of nitrogens with zero attached hydrogens (tertiary/aromatic N) is 5. The third-order valence-corrected chi connectivity index (χ3v) is 2.34. The normalized spacial score (nSPS) is 9.22. The third kappa shape index (κ3) is 1.57. The van der Waals surface area contributed by atoms with Gasteiger partial charge in [-0.1, -0.05) is 6.07 Å². The first-order valence-electron chi connectivity index (χ1n) is 4.79. The van der Waals surface area contributed by atoms with E-state index in [4.69, 9.17) is 15.8 Å². The Morgan fingerprint density at radius 2 is 1.89 bits per heavy atom. The molecule has 0 spiro atoms. The lowest BCUT2D eigenvalue weighted by Gasteiger charge is -2.06. The molecule has 0 bridgehead atoms. The van der Waals surface area contributed by atoms with Crippen molar-refractivity contribution in [3.8, 4) is 23.9 Å². The van der Waals surface area contributed by atoms with Crippen LogP contribution in [0, 0.1) is 39.8 Å². The van der Waals surface area contributed by atoms with Crippen molar-refractivity contribution in [2.24, 2.45) is 0 Å². The number of hydrogen-bond donors (Lipinski definition) is 0. The second kappa shape index (κ2) is 4.37. The zero-order valence-electron chi connectivity index (χ0n) is 8.92. The Kier molecular flexibility index (Phi) is 2.75. The van der Waals surface area contributed by atoms with Crippen molar-refractivity contribution in [2.45, 2.75) is 0 Å². The molecule has 0 aliphatic rings. The SMILES string of the molecule is N#Cc1ncn(-c2cccc(F)c2C#N)c1C#N. The minimum Gasteiger partial charge on any atom is -0.288 e. The standard InChI is InChI=1S/C12H4FN5/c13-9-2-1-3-11(8(9)4-14)18-7-17-10(5-15)12(18)6-16/h1-3,7H. The van der Waals surface area contributed by atoms with Crippen LogP contribution in [0.5, 0.6) is 0 Å². The zero-order valence-corrected chi connectivity index (χ0v) is 8.92. The van der Waals surface area contributed by atoms with Crippen molar-refractivity contribution in [1.82, 2.24) is 9.55 Å². The Bertz CT molecular complexity index is 739. The van der Waals surface area contributed by atoms with Gasteiger partial charge in [0.2, 0.25) is 0 Å². The molecule has 0 fully saturated rings. The second-order valence-electron chi connectivity index (χ2n) is 3.28. The van der Waals surface area contributed by atoms with Crippen LogP contribution in [0.1, 0.15) is 17.0 Å². The number of nitriles is 3. The van der Waals surface area contributed by atoms with Gasteiger partial charge in [-0.2, -0.15) is 15.8 Å². The van der Waals surface area contributed by atoms with E-state index < -0.39 is 5.82 Å². The molecule has 2 rings (SSSR count). The van der Waals surface area contributed by atoms with Gasteiger partial charge in [0.15, 0.2) is 11.4 Å². The third-order valence-electron chi connectivity index (χ3n) is 2.34. The van der Waals surface area contributed by atoms with Crippen molar-refractivity contribution >= 4 is 0 Å². The summed E-state index contributed by atoms with van der Waals surface area (Å²) in [7, 11) is 0. The Morgan fingerprint density at radius 1 is 1.11 bits per heavy atom. The molecule has 0 N–H and O–H groups in total. The van der Waals surface area contributed by atoms with Crippen molar-refractivity contribution < 1.29 is 4.39 Å². The van der Waals surface area contributed by atoms with Crippen molar-refractivity contribution in [1.29, 1.82) is 15.8 Å². The fourth-order valence-corrected chi connectivity index (χ4v) is 1.54. The molecule has 0 aliphatic heterocycles. The first-order valence-corrected chi connectivity index (χ1v) is 4.79. The predicted molar refractivity (Wildman–Crippen MR) is 57.7 cm³/mol. The number of benzene rings is 1. The van der Waals surface area contributed by atoms with Gasteiger partial charge in [-0.15, -0.1) is 0 Å². The van der Waals surface area contributed by atoms with Gasteiger partial charge >= 0.3 is 0 Å². The smallest absolute Gasteiger partial charge is 0.177 e. The summed E-state index contributed by atoms with van der Waals surface area (Å²) in [4.78, 5) is 3.73. The van der Waals surface area contributed by atoms with E-state index in [2.05, 4.69) is 4.98 Å². The van der Waals surface area contributed by atoms with E-state index in [1.54, 1.807) is 12.1 Å². The molecule has 0 amide bonds. The van der Waals surface area contributed by atoms with E-state index in [1.165, 1.54) is 23.0 Å². The highest BCUT2D eigenvalue weighted by Gasteiger charge is 2.16. The lowest BCUT2D eigenvalue weighted by molar-refractivity contribution is 0.622. The molecular formula is C12H4FN5. The molecule has 84 valence electrons. The quantitative estimate of drug-likeness (QED) is 0.753. The fraction of sp³-hybridized carbons (Fsp3) is 0. The van der Waals surface area contributed by atoms with Crippen LogP contribution in [0.15, 0.2) is 24.5 Å². The van der Waals surface area contributed by atoms with Crippen molar-refractivity contribution in [2.75, 3.05) is 0 Å². The fourth-order valence-electron chi connectivity index (χ4n) is 1.54. The Hall–Kier alpha value is -3.17. The summed E-state index contributed by atoms with van der Waals surface area (Å²) in [5.74, 6) is -0.689. The molecule has 0 radical (unpaired) electrons. The highest BCUT2D eigenvalue weighted by Crippen LogP contribution is 2.20. The maximum absolute atomic E-state index is 13.5. The van der Waals surface area contributed by atoms with Gasteiger partial charge in [-0.25, -0.2) is 9.37 Å². The van der Waals surface area contributed by atoms with Crippen LogP contribution in [-0.4, -0.2) is 9.55 Å². The number of imidazole rings is 1. The number of rotatable bonds is 1. The van der Waals surface area contributed by atoms with Gasteiger partial charge in [-0.05, 0) is 12.1 Å². The summed E-state index contributed by atoms with van der Waals surface area (Å²) in [5.41, 5.74) is -0.107. The Morgan fingerprint density at radius 3 is 2.50 bits per heavy atom. The van der Waals surface area contributed by atoms with Crippen molar-refractivity contribution in [3.05, 3.63) is 47.3 Å². The number of aromatic nitrogens is 2. The predicted octanol–water partition coefficient (Wildman–Crippen LogP) is 1.63. The maximum atomic E-state index is 13.5. The van der Waals surface area contributed by atoms with Gasteiger partial charge in [0, 0.05) is 0 Å². The average Bonchev–Trinajstić information content (AvgIpc) is 2.80. The van der Waals surface area contributed by atoms with Crippen LogP contribution in [0.4, 0.5) is 4.39 Å². The highest BCUT2D eigenvalue weighted by molar-refractivity contribution is 5.53. The minimum absolute atomic E-state index is 0.0281. The van der Waals surface area contributed by atoms with Crippen LogP contribution in [0.25, 0.3) is 5.69 Å². The molecule has 0 saturated heterocycles. The molecule has 0 saturated carbocycles. The average molecular weight is 237 g/mol. The molecule has 1 aromatic carbocycles. The summed E-state index contributed by atoms with van der Waals surface area (Å²) in [6, 6.07) is 9.34. The van der Waals surface area contributed by atoms with Gasteiger partial charge in [0.25, 0.3) is 0 Å². The van der Waals surface area contributed by atoms with Gasteiger partial charge in [-0.3, -0.25) is 4.57 Å². The molecule has 2 aromatic rings. The summed E-state index contributed by atoms with van der Waals surface area (Å²) in [5, 5.41) is 26.7. The van der Waals surface area contributed by atoms with E-state index >= 15 is 0 Å². The Balaban J connectivity index is 2.77. The zero-order chi connectivity index (χ0) is 13.1. The summed E-state index contributed by atoms with van der Waals surface area (Å²) in [6.45, 7) is 0. The largest absolute Gasteiger partial charge is 0.288 e. The van der Waals surface area contributed by atoms with E-state index in [0.717, 1.165) is 6.07 Å². The molecule has 0 atom stereocenters. The molecule has 1 heterocycles. The maximum Gasteiger partial charge on any atom is 0.177 e. The van der Waals surface area contributed by atoms with E-state index in [1.807, 2.05) is 6.07 Å². The molecule has 1 aromatic heterocycles. The highest BCUT2D eigenvalue weighted by atomic mass is 19.1. The van der Waals surface area contributed by atoms with E-state index in [-0.39, 0.29) is 22.6 Å². The minimum atomic E-state index is -0.689. The Labute approximate surface area is 102 Å². The van der Waals surface area contributed by atoms with E-state index in [0.29, 0.717) is 0 Å². The molecule has 6 heteroatoms. The lowest BCUT2D eigenvalue weighted by atomic mass is 10.1. The summed E-state index contributed by atoms with van der Waals surface area (Å²) < 4.78 is 14.7. The van der Waals surface area contributed by atoms with Crippen molar-refractivity contribution in [3.63, 3.8) is 0 Å².